The van der Waals surface area contributed by atoms with Crippen molar-refractivity contribution in [2.45, 2.75) is 17.3 Å². The van der Waals surface area contributed by atoms with Crippen molar-refractivity contribution in [3.63, 3.8) is 0 Å². The molecule has 2 heterocycles. The van der Waals surface area contributed by atoms with Gasteiger partial charge in [-0.1, -0.05) is 42.1 Å². The Morgan fingerprint density at radius 2 is 1.71 bits per heavy atom. The van der Waals surface area contributed by atoms with Gasteiger partial charge in [-0.15, -0.1) is 10.2 Å². The lowest BCUT2D eigenvalue weighted by molar-refractivity contribution is 0.415. The lowest BCUT2D eigenvalue weighted by Crippen LogP contribution is -2.21. The number of rotatable bonds is 3. The Labute approximate surface area is 144 Å². The van der Waals surface area contributed by atoms with Crippen molar-refractivity contribution in [3.05, 3.63) is 60.2 Å². The van der Waals surface area contributed by atoms with E-state index in [0.717, 1.165) is 33.6 Å². The summed E-state index contributed by atoms with van der Waals surface area (Å²) in [5.74, 6) is 1.55. The quantitative estimate of drug-likeness (QED) is 0.732. The van der Waals surface area contributed by atoms with E-state index in [1.54, 1.807) is 18.9 Å². The predicted octanol–water partition coefficient (Wildman–Crippen LogP) is 3.70. The molecular weight excluding hydrogens is 320 g/mol. The first-order valence-electron chi connectivity index (χ1n) is 7.67. The largest absolute Gasteiger partial charge is 0.497 e. The lowest BCUT2D eigenvalue weighted by Gasteiger charge is -2.19. The topological polar surface area (TPSA) is 52.3 Å². The van der Waals surface area contributed by atoms with Crippen molar-refractivity contribution in [1.29, 1.82) is 0 Å². The third kappa shape index (κ3) is 2.59. The van der Waals surface area contributed by atoms with Gasteiger partial charge in [0.25, 0.3) is 0 Å². The van der Waals surface area contributed by atoms with Crippen LogP contribution in [-0.2, 0) is 0 Å². The smallest absolute Gasteiger partial charge is 0.213 e. The number of hydrogen-bond acceptors (Lipinski definition) is 5. The summed E-state index contributed by atoms with van der Waals surface area (Å²) >= 11 is 1.67. The van der Waals surface area contributed by atoms with Crippen LogP contribution in [0.1, 0.15) is 12.5 Å². The van der Waals surface area contributed by atoms with Gasteiger partial charge in [-0.3, -0.25) is 0 Å². The molecule has 1 aliphatic rings. The van der Waals surface area contributed by atoms with Crippen LogP contribution in [-0.4, -0.2) is 32.9 Å². The number of thioether (sulfide) groups is 1. The monoisotopic (exact) mass is 336 g/mol. The average molecular weight is 336 g/mol. The zero-order chi connectivity index (χ0) is 16.5. The molecule has 120 valence electrons. The number of aromatic nitrogens is 3. The maximum atomic E-state index is 5.21. The van der Waals surface area contributed by atoms with E-state index < -0.39 is 0 Å². The summed E-state index contributed by atoms with van der Waals surface area (Å²) in [6, 6.07) is 18.0. The van der Waals surface area contributed by atoms with E-state index in [9.17, 15) is 0 Å². The Morgan fingerprint density at radius 3 is 2.42 bits per heavy atom. The maximum absolute atomic E-state index is 5.21. The normalized spacial score (nSPS) is 16.4. The zero-order valence-electron chi connectivity index (χ0n) is 13.4. The van der Waals surface area contributed by atoms with Crippen LogP contribution in [0.4, 0.5) is 0 Å². The predicted molar refractivity (Wildman–Crippen MR) is 95.7 cm³/mol. The van der Waals surface area contributed by atoms with Crippen LogP contribution in [0.2, 0.25) is 0 Å². The molecule has 0 amide bonds. The number of nitrogens with zero attached hydrogens (tertiary/aromatic N) is 4. The van der Waals surface area contributed by atoms with Gasteiger partial charge >= 0.3 is 0 Å². The standard InChI is InChI=1S/C18H16N4OS/c1-12-16(13-6-4-3-5-7-13)21-22-17(19-20-18(22)24-12)14-8-10-15(23-2)11-9-14/h3-12H,1-2H3/t12-/m1/s1. The molecule has 1 aliphatic heterocycles. The van der Waals surface area contributed by atoms with E-state index in [0.29, 0.717) is 0 Å². The summed E-state index contributed by atoms with van der Waals surface area (Å²) in [6.07, 6.45) is 0. The molecule has 6 heteroatoms. The molecular formula is C18H16N4OS. The molecule has 4 rings (SSSR count). The number of fused-ring (bicyclic) bond motifs is 1. The van der Waals surface area contributed by atoms with E-state index in [4.69, 9.17) is 9.84 Å². The Kier molecular flexibility index (Phi) is 3.82. The molecule has 1 atom stereocenters. The molecule has 0 saturated heterocycles. The second kappa shape index (κ2) is 6.13. The summed E-state index contributed by atoms with van der Waals surface area (Å²) in [4.78, 5) is 0. The third-order valence-electron chi connectivity index (χ3n) is 3.90. The number of ether oxygens (including phenoxy) is 1. The molecule has 3 aromatic rings. The van der Waals surface area contributed by atoms with Crippen LogP contribution >= 0.6 is 11.8 Å². The van der Waals surface area contributed by atoms with Gasteiger partial charge in [0.1, 0.15) is 5.75 Å². The van der Waals surface area contributed by atoms with Crippen LogP contribution in [0.15, 0.2) is 64.9 Å². The van der Waals surface area contributed by atoms with Gasteiger partial charge in [0, 0.05) is 5.56 Å². The Hall–Kier alpha value is -2.60. The molecule has 0 saturated carbocycles. The fraction of sp³-hybridized carbons (Fsp3) is 0.167. The molecule has 0 radical (unpaired) electrons. The van der Waals surface area contributed by atoms with Crippen LogP contribution < -0.4 is 4.74 Å². The van der Waals surface area contributed by atoms with Gasteiger partial charge in [0.15, 0.2) is 5.82 Å². The highest BCUT2D eigenvalue weighted by molar-refractivity contribution is 8.00. The first-order chi connectivity index (χ1) is 11.8. The molecule has 0 fully saturated rings. The highest BCUT2D eigenvalue weighted by atomic mass is 32.2. The highest BCUT2D eigenvalue weighted by Gasteiger charge is 2.26. The van der Waals surface area contributed by atoms with Gasteiger partial charge in [-0.05, 0) is 36.8 Å². The summed E-state index contributed by atoms with van der Waals surface area (Å²) < 4.78 is 7.04. The van der Waals surface area contributed by atoms with Gasteiger partial charge in [0.05, 0.1) is 18.1 Å². The maximum Gasteiger partial charge on any atom is 0.213 e. The highest BCUT2D eigenvalue weighted by Crippen LogP contribution is 2.33. The van der Waals surface area contributed by atoms with Gasteiger partial charge < -0.3 is 4.74 Å². The Morgan fingerprint density at radius 1 is 0.958 bits per heavy atom. The average Bonchev–Trinajstić information content (AvgIpc) is 3.04. The van der Waals surface area contributed by atoms with Crippen molar-refractivity contribution >= 4 is 17.5 Å². The molecule has 0 N–H and O–H groups in total. The van der Waals surface area contributed by atoms with E-state index >= 15 is 0 Å². The number of hydrogen-bond donors (Lipinski definition) is 0. The molecule has 2 aromatic carbocycles. The second-order valence-electron chi connectivity index (χ2n) is 5.46. The van der Waals surface area contributed by atoms with Crippen LogP contribution in [0, 0.1) is 0 Å². The minimum atomic E-state index is 0.229. The molecule has 24 heavy (non-hydrogen) atoms. The second-order valence-corrected chi connectivity index (χ2v) is 6.77. The van der Waals surface area contributed by atoms with Gasteiger partial charge in [0.2, 0.25) is 5.16 Å². The van der Waals surface area contributed by atoms with Gasteiger partial charge in [-0.2, -0.15) is 9.78 Å². The zero-order valence-corrected chi connectivity index (χ0v) is 14.2. The van der Waals surface area contributed by atoms with Crippen molar-refractivity contribution in [1.82, 2.24) is 14.9 Å². The third-order valence-corrected chi connectivity index (χ3v) is 4.95. The van der Waals surface area contributed by atoms with E-state index in [1.807, 2.05) is 47.1 Å². The molecule has 0 spiro atoms. The van der Waals surface area contributed by atoms with E-state index in [1.165, 1.54) is 0 Å². The summed E-state index contributed by atoms with van der Waals surface area (Å²) in [7, 11) is 1.66. The van der Waals surface area contributed by atoms with E-state index in [2.05, 4.69) is 29.3 Å². The number of benzene rings is 2. The van der Waals surface area contributed by atoms with E-state index in [-0.39, 0.29) is 5.25 Å². The SMILES string of the molecule is COc1ccc(-c2nnc3n2N=C(c2ccccc2)[C@@H](C)S3)cc1. The molecule has 0 aliphatic carbocycles. The lowest BCUT2D eigenvalue weighted by atomic mass is 10.1. The fourth-order valence-electron chi connectivity index (χ4n) is 2.65. The first-order valence-corrected chi connectivity index (χ1v) is 8.55. The summed E-state index contributed by atoms with van der Waals surface area (Å²) in [5, 5.41) is 14.5. The summed E-state index contributed by atoms with van der Waals surface area (Å²) in [6.45, 7) is 2.14. The summed E-state index contributed by atoms with van der Waals surface area (Å²) in [5.41, 5.74) is 3.11. The fourth-order valence-corrected chi connectivity index (χ4v) is 3.58. The Balaban J connectivity index is 1.79. The van der Waals surface area contributed by atoms with Crippen LogP contribution in [0.5, 0.6) is 5.75 Å². The van der Waals surface area contributed by atoms with Crippen molar-refractivity contribution in [3.8, 4) is 17.1 Å². The Bertz CT molecular complexity index is 887. The number of methoxy groups -OCH3 is 1. The van der Waals surface area contributed by atoms with Crippen LogP contribution in [0.3, 0.4) is 0 Å². The molecule has 0 bridgehead atoms. The van der Waals surface area contributed by atoms with Crippen molar-refractivity contribution in [2.75, 3.05) is 7.11 Å². The minimum absolute atomic E-state index is 0.229. The molecule has 5 nitrogen and oxygen atoms in total. The van der Waals surface area contributed by atoms with Gasteiger partial charge in [-0.25, -0.2) is 0 Å². The van der Waals surface area contributed by atoms with Crippen molar-refractivity contribution in [2.24, 2.45) is 5.10 Å². The van der Waals surface area contributed by atoms with Crippen molar-refractivity contribution < 1.29 is 4.74 Å². The van der Waals surface area contributed by atoms with Crippen LogP contribution in [0.25, 0.3) is 11.4 Å². The minimum Gasteiger partial charge on any atom is -0.497 e. The molecule has 0 unspecified atom stereocenters. The first kappa shape index (κ1) is 15.0. The molecule has 1 aromatic heterocycles.